The molecule has 0 aromatic heterocycles. The third-order valence-electron chi connectivity index (χ3n) is 3.61. The molecule has 0 radical (unpaired) electrons. The Bertz CT molecular complexity index is 425. The first-order chi connectivity index (χ1) is 9.55. The molecule has 1 saturated heterocycles. The van der Waals surface area contributed by atoms with Crippen LogP contribution in [0.25, 0.3) is 0 Å². The summed E-state index contributed by atoms with van der Waals surface area (Å²) in [5.41, 5.74) is 0.816. The van der Waals surface area contributed by atoms with Gasteiger partial charge in [0.25, 0.3) is 0 Å². The molecule has 1 atom stereocenters. The van der Waals surface area contributed by atoms with Crippen LogP contribution in [-0.2, 0) is 11.2 Å². The number of ether oxygens (including phenoxy) is 1. The standard InChI is InChI=1S/C16H24N2O2/c1-16(2,10-8-13-6-4-3-5-7-13)20-15(19)18-14-9-11-17-12-14/h3-7,14,17H,8-12H2,1-2H3,(H,18,19). The fraction of sp³-hybridized carbons (Fsp3) is 0.562. The highest BCUT2D eigenvalue weighted by molar-refractivity contribution is 5.68. The number of benzene rings is 1. The van der Waals surface area contributed by atoms with Crippen molar-refractivity contribution in [1.29, 1.82) is 0 Å². The van der Waals surface area contributed by atoms with Gasteiger partial charge in [-0.3, -0.25) is 0 Å². The topological polar surface area (TPSA) is 50.4 Å². The van der Waals surface area contributed by atoms with Crippen LogP contribution in [-0.4, -0.2) is 30.8 Å². The Morgan fingerprint density at radius 2 is 2.15 bits per heavy atom. The van der Waals surface area contributed by atoms with E-state index in [1.165, 1.54) is 5.56 Å². The maximum atomic E-state index is 11.9. The van der Waals surface area contributed by atoms with Gasteiger partial charge in [-0.15, -0.1) is 0 Å². The summed E-state index contributed by atoms with van der Waals surface area (Å²) in [6.45, 7) is 5.72. The quantitative estimate of drug-likeness (QED) is 0.868. The number of alkyl carbamates (subject to hydrolysis) is 1. The molecule has 1 unspecified atom stereocenters. The van der Waals surface area contributed by atoms with Gasteiger partial charge in [0, 0.05) is 12.6 Å². The number of carbonyl (C=O) groups excluding carboxylic acids is 1. The summed E-state index contributed by atoms with van der Waals surface area (Å²) in [7, 11) is 0. The molecule has 0 saturated carbocycles. The van der Waals surface area contributed by atoms with E-state index in [9.17, 15) is 4.79 Å². The predicted octanol–water partition coefficient (Wildman–Crippen LogP) is 2.49. The van der Waals surface area contributed by atoms with E-state index in [1.54, 1.807) is 0 Å². The Morgan fingerprint density at radius 3 is 2.80 bits per heavy atom. The van der Waals surface area contributed by atoms with Crippen molar-refractivity contribution in [2.75, 3.05) is 13.1 Å². The van der Waals surface area contributed by atoms with E-state index in [0.717, 1.165) is 32.4 Å². The molecule has 1 aromatic carbocycles. The number of hydrogen-bond donors (Lipinski definition) is 2. The molecule has 4 nitrogen and oxygen atoms in total. The van der Waals surface area contributed by atoms with Crippen molar-refractivity contribution in [3.05, 3.63) is 35.9 Å². The number of amides is 1. The van der Waals surface area contributed by atoms with Crippen LogP contribution in [0.2, 0.25) is 0 Å². The highest BCUT2D eigenvalue weighted by Gasteiger charge is 2.25. The van der Waals surface area contributed by atoms with Crippen molar-refractivity contribution >= 4 is 6.09 Å². The first-order valence-electron chi connectivity index (χ1n) is 7.29. The monoisotopic (exact) mass is 276 g/mol. The molecule has 0 bridgehead atoms. The SMILES string of the molecule is CC(C)(CCc1ccccc1)OC(=O)NC1CCNC1. The van der Waals surface area contributed by atoms with Crippen molar-refractivity contribution in [2.24, 2.45) is 0 Å². The lowest BCUT2D eigenvalue weighted by molar-refractivity contribution is 0.0314. The van der Waals surface area contributed by atoms with Gasteiger partial charge < -0.3 is 15.4 Å². The fourth-order valence-corrected chi connectivity index (χ4v) is 2.37. The van der Waals surface area contributed by atoms with Crippen LogP contribution in [0.4, 0.5) is 4.79 Å². The first-order valence-corrected chi connectivity index (χ1v) is 7.29. The molecule has 0 aliphatic carbocycles. The van der Waals surface area contributed by atoms with Crippen molar-refractivity contribution < 1.29 is 9.53 Å². The zero-order chi connectivity index (χ0) is 14.4. The molecule has 4 heteroatoms. The van der Waals surface area contributed by atoms with Gasteiger partial charge in [-0.2, -0.15) is 0 Å². The Balaban J connectivity index is 1.76. The van der Waals surface area contributed by atoms with E-state index in [-0.39, 0.29) is 12.1 Å². The maximum Gasteiger partial charge on any atom is 0.407 e. The third kappa shape index (κ3) is 4.85. The molecule has 1 aromatic rings. The molecule has 1 heterocycles. The van der Waals surface area contributed by atoms with Gasteiger partial charge in [-0.25, -0.2) is 4.79 Å². The lowest BCUT2D eigenvalue weighted by atomic mass is 9.99. The molecule has 0 spiro atoms. The number of aryl methyl sites for hydroxylation is 1. The van der Waals surface area contributed by atoms with Crippen LogP contribution in [0.5, 0.6) is 0 Å². The van der Waals surface area contributed by atoms with Gasteiger partial charge in [0.05, 0.1) is 0 Å². The Labute approximate surface area is 120 Å². The summed E-state index contributed by atoms with van der Waals surface area (Å²) in [4.78, 5) is 11.9. The second kappa shape index (κ2) is 6.75. The van der Waals surface area contributed by atoms with Crippen LogP contribution in [0.15, 0.2) is 30.3 Å². The zero-order valence-corrected chi connectivity index (χ0v) is 12.3. The number of nitrogens with one attached hydrogen (secondary N) is 2. The van der Waals surface area contributed by atoms with E-state index in [2.05, 4.69) is 22.8 Å². The molecule has 2 N–H and O–H groups in total. The van der Waals surface area contributed by atoms with E-state index in [1.807, 2.05) is 32.0 Å². The average Bonchev–Trinajstić information content (AvgIpc) is 2.90. The molecule has 1 aliphatic heterocycles. The number of carbonyl (C=O) groups is 1. The van der Waals surface area contributed by atoms with Crippen LogP contribution in [0.1, 0.15) is 32.3 Å². The van der Waals surface area contributed by atoms with Crippen molar-refractivity contribution in [2.45, 2.75) is 44.8 Å². The minimum Gasteiger partial charge on any atom is -0.444 e. The smallest absolute Gasteiger partial charge is 0.407 e. The minimum absolute atomic E-state index is 0.201. The molecule has 1 amide bonds. The van der Waals surface area contributed by atoms with Crippen LogP contribution < -0.4 is 10.6 Å². The largest absolute Gasteiger partial charge is 0.444 e. The normalized spacial score (nSPS) is 18.8. The fourth-order valence-electron chi connectivity index (χ4n) is 2.37. The Kier molecular flexibility index (Phi) is 5.01. The maximum absolute atomic E-state index is 11.9. The number of rotatable bonds is 5. The molecule has 2 rings (SSSR count). The molecule has 1 aliphatic rings. The van der Waals surface area contributed by atoms with Crippen LogP contribution in [0.3, 0.4) is 0 Å². The second-order valence-electron chi connectivity index (χ2n) is 5.97. The molecule has 110 valence electrons. The van der Waals surface area contributed by atoms with Gasteiger partial charge >= 0.3 is 6.09 Å². The summed E-state index contributed by atoms with van der Waals surface area (Å²) in [5, 5.41) is 6.13. The van der Waals surface area contributed by atoms with Gasteiger partial charge in [-0.1, -0.05) is 30.3 Å². The zero-order valence-electron chi connectivity index (χ0n) is 12.3. The van der Waals surface area contributed by atoms with Crippen molar-refractivity contribution in [3.63, 3.8) is 0 Å². The summed E-state index contributed by atoms with van der Waals surface area (Å²) in [6.07, 6.45) is 2.38. The van der Waals surface area contributed by atoms with Gasteiger partial charge in [0.2, 0.25) is 0 Å². The van der Waals surface area contributed by atoms with E-state index >= 15 is 0 Å². The minimum atomic E-state index is -0.452. The van der Waals surface area contributed by atoms with E-state index < -0.39 is 5.60 Å². The van der Waals surface area contributed by atoms with Crippen LogP contribution >= 0.6 is 0 Å². The summed E-state index contributed by atoms with van der Waals surface area (Å²) >= 11 is 0. The highest BCUT2D eigenvalue weighted by Crippen LogP contribution is 2.18. The summed E-state index contributed by atoms with van der Waals surface area (Å²) in [6, 6.07) is 10.5. The summed E-state index contributed by atoms with van der Waals surface area (Å²) < 4.78 is 5.54. The Morgan fingerprint density at radius 1 is 1.40 bits per heavy atom. The third-order valence-corrected chi connectivity index (χ3v) is 3.61. The van der Waals surface area contributed by atoms with Gasteiger partial charge in [-0.05, 0) is 45.2 Å². The lowest BCUT2D eigenvalue weighted by Gasteiger charge is -2.26. The number of hydrogen-bond acceptors (Lipinski definition) is 3. The highest BCUT2D eigenvalue weighted by atomic mass is 16.6. The molecular weight excluding hydrogens is 252 g/mol. The van der Waals surface area contributed by atoms with Gasteiger partial charge in [0.1, 0.15) is 5.60 Å². The lowest BCUT2D eigenvalue weighted by Crippen LogP contribution is -2.41. The predicted molar refractivity (Wildman–Crippen MR) is 79.7 cm³/mol. The van der Waals surface area contributed by atoms with Crippen LogP contribution in [0, 0.1) is 0 Å². The van der Waals surface area contributed by atoms with E-state index in [4.69, 9.17) is 4.74 Å². The Hall–Kier alpha value is -1.55. The second-order valence-corrected chi connectivity index (χ2v) is 5.97. The molecule has 20 heavy (non-hydrogen) atoms. The average molecular weight is 276 g/mol. The van der Waals surface area contributed by atoms with Crippen molar-refractivity contribution in [3.8, 4) is 0 Å². The van der Waals surface area contributed by atoms with Crippen molar-refractivity contribution in [1.82, 2.24) is 10.6 Å². The summed E-state index contributed by atoms with van der Waals surface area (Å²) in [5.74, 6) is 0. The van der Waals surface area contributed by atoms with E-state index in [0.29, 0.717) is 0 Å². The molecular formula is C16H24N2O2. The first kappa shape index (κ1) is 14.9. The molecule has 1 fully saturated rings. The van der Waals surface area contributed by atoms with Gasteiger partial charge in [0.15, 0.2) is 0 Å².